The molecule has 1 heterocycles. The van der Waals surface area contributed by atoms with Gasteiger partial charge in [-0.25, -0.2) is 9.07 Å². The van der Waals surface area contributed by atoms with Crippen LogP contribution in [-0.4, -0.2) is 15.8 Å². The molecule has 3 rings (SSSR count). The standard InChI is InChI=1S/C13H13ClFN3/c14-10-7-17-18(8-10)13-4-9(3-11(15)5-13)6-16-12-1-2-12/h3-5,7-8,12,16H,1-2,6H2. The molecule has 0 aliphatic heterocycles. The molecule has 1 aliphatic rings. The summed E-state index contributed by atoms with van der Waals surface area (Å²) in [7, 11) is 0. The van der Waals surface area contributed by atoms with Crippen molar-refractivity contribution in [1.82, 2.24) is 15.1 Å². The van der Waals surface area contributed by atoms with E-state index in [9.17, 15) is 4.39 Å². The molecule has 0 unspecified atom stereocenters. The Bertz CT molecular complexity index is 563. The summed E-state index contributed by atoms with van der Waals surface area (Å²) in [5, 5.41) is 7.97. The quantitative estimate of drug-likeness (QED) is 0.921. The van der Waals surface area contributed by atoms with E-state index in [1.165, 1.54) is 25.1 Å². The molecule has 0 atom stereocenters. The average Bonchev–Trinajstić information content (AvgIpc) is 3.07. The molecule has 5 heteroatoms. The molecule has 1 aliphatic carbocycles. The zero-order valence-electron chi connectivity index (χ0n) is 9.74. The van der Waals surface area contributed by atoms with Gasteiger partial charge in [0.1, 0.15) is 5.82 Å². The van der Waals surface area contributed by atoms with E-state index in [2.05, 4.69) is 10.4 Å². The summed E-state index contributed by atoms with van der Waals surface area (Å²) in [6, 6.07) is 5.52. The number of benzene rings is 1. The second-order valence-electron chi connectivity index (χ2n) is 4.58. The minimum absolute atomic E-state index is 0.258. The van der Waals surface area contributed by atoms with E-state index >= 15 is 0 Å². The fourth-order valence-corrected chi connectivity index (χ4v) is 2.00. The molecule has 0 spiro atoms. The number of nitrogens with zero attached hydrogens (tertiary/aromatic N) is 2. The third-order valence-electron chi connectivity index (χ3n) is 2.93. The van der Waals surface area contributed by atoms with Crippen molar-refractivity contribution in [2.45, 2.75) is 25.4 Å². The molecule has 0 amide bonds. The highest BCUT2D eigenvalue weighted by Crippen LogP contribution is 2.20. The number of nitrogens with one attached hydrogen (secondary N) is 1. The Balaban J connectivity index is 1.84. The number of hydrogen-bond donors (Lipinski definition) is 1. The van der Waals surface area contributed by atoms with Crippen molar-refractivity contribution in [1.29, 1.82) is 0 Å². The largest absolute Gasteiger partial charge is 0.310 e. The minimum atomic E-state index is -0.258. The third kappa shape index (κ3) is 2.71. The van der Waals surface area contributed by atoms with Gasteiger partial charge in [0, 0.05) is 18.8 Å². The average molecular weight is 266 g/mol. The summed E-state index contributed by atoms with van der Waals surface area (Å²) in [5.74, 6) is -0.258. The van der Waals surface area contributed by atoms with Crippen LogP contribution in [-0.2, 0) is 6.54 Å². The lowest BCUT2D eigenvalue weighted by molar-refractivity contribution is 0.617. The van der Waals surface area contributed by atoms with Crippen molar-refractivity contribution >= 4 is 11.6 Å². The molecular weight excluding hydrogens is 253 g/mol. The summed E-state index contributed by atoms with van der Waals surface area (Å²) in [6.45, 7) is 0.685. The van der Waals surface area contributed by atoms with E-state index in [0.717, 1.165) is 5.56 Å². The molecule has 1 N–H and O–H groups in total. The molecule has 2 aromatic rings. The maximum absolute atomic E-state index is 13.6. The van der Waals surface area contributed by atoms with Crippen LogP contribution in [0.15, 0.2) is 30.6 Å². The molecule has 0 bridgehead atoms. The van der Waals surface area contributed by atoms with E-state index < -0.39 is 0 Å². The molecule has 94 valence electrons. The maximum atomic E-state index is 13.6. The lowest BCUT2D eigenvalue weighted by Crippen LogP contribution is -2.15. The van der Waals surface area contributed by atoms with Crippen LogP contribution >= 0.6 is 11.6 Å². The minimum Gasteiger partial charge on any atom is -0.310 e. The highest BCUT2D eigenvalue weighted by Gasteiger charge is 2.20. The van der Waals surface area contributed by atoms with Gasteiger partial charge < -0.3 is 5.32 Å². The normalized spacial score (nSPS) is 15.0. The van der Waals surface area contributed by atoms with Gasteiger partial charge in [0.25, 0.3) is 0 Å². The van der Waals surface area contributed by atoms with Crippen LogP contribution in [0.4, 0.5) is 4.39 Å². The van der Waals surface area contributed by atoms with Crippen LogP contribution in [0.2, 0.25) is 5.02 Å². The van der Waals surface area contributed by atoms with Crippen molar-refractivity contribution in [2.75, 3.05) is 0 Å². The highest BCUT2D eigenvalue weighted by molar-refractivity contribution is 6.30. The smallest absolute Gasteiger partial charge is 0.125 e. The number of halogens is 2. The Morgan fingerprint density at radius 1 is 1.39 bits per heavy atom. The zero-order valence-corrected chi connectivity index (χ0v) is 10.5. The van der Waals surface area contributed by atoms with E-state index in [4.69, 9.17) is 11.6 Å². The summed E-state index contributed by atoms with van der Waals surface area (Å²) in [4.78, 5) is 0. The molecule has 1 aromatic carbocycles. The molecule has 1 saturated carbocycles. The van der Waals surface area contributed by atoms with Crippen molar-refractivity contribution in [2.24, 2.45) is 0 Å². The Labute approximate surface area is 110 Å². The lowest BCUT2D eigenvalue weighted by atomic mass is 10.2. The van der Waals surface area contributed by atoms with Gasteiger partial charge in [-0.15, -0.1) is 0 Å². The first-order chi connectivity index (χ1) is 8.70. The molecule has 3 nitrogen and oxygen atoms in total. The van der Waals surface area contributed by atoms with E-state index in [1.54, 1.807) is 16.9 Å². The van der Waals surface area contributed by atoms with Gasteiger partial charge in [-0.05, 0) is 36.6 Å². The first-order valence-electron chi connectivity index (χ1n) is 5.94. The van der Waals surface area contributed by atoms with Gasteiger partial charge in [-0.3, -0.25) is 0 Å². The summed E-state index contributed by atoms with van der Waals surface area (Å²) in [6.07, 6.45) is 5.64. The van der Waals surface area contributed by atoms with Gasteiger partial charge in [0.05, 0.1) is 16.9 Å². The number of aromatic nitrogens is 2. The molecular formula is C13H13ClFN3. The van der Waals surface area contributed by atoms with Crippen molar-refractivity contribution in [3.63, 3.8) is 0 Å². The van der Waals surface area contributed by atoms with Gasteiger partial charge in [-0.2, -0.15) is 5.10 Å². The predicted molar refractivity (Wildman–Crippen MR) is 68.4 cm³/mol. The molecule has 1 aromatic heterocycles. The Hall–Kier alpha value is -1.39. The first kappa shape index (κ1) is 11.7. The van der Waals surface area contributed by atoms with Crippen LogP contribution in [0.3, 0.4) is 0 Å². The Morgan fingerprint density at radius 2 is 2.22 bits per heavy atom. The Kier molecular flexibility index (Phi) is 3.06. The van der Waals surface area contributed by atoms with Crippen molar-refractivity contribution < 1.29 is 4.39 Å². The van der Waals surface area contributed by atoms with Crippen molar-refractivity contribution in [3.8, 4) is 5.69 Å². The number of rotatable bonds is 4. The fourth-order valence-electron chi connectivity index (χ4n) is 1.86. The third-order valence-corrected chi connectivity index (χ3v) is 3.13. The number of hydrogen-bond acceptors (Lipinski definition) is 2. The molecule has 0 radical (unpaired) electrons. The fraction of sp³-hybridized carbons (Fsp3) is 0.308. The van der Waals surface area contributed by atoms with E-state index in [0.29, 0.717) is 23.3 Å². The van der Waals surface area contributed by atoms with E-state index in [-0.39, 0.29) is 5.82 Å². The monoisotopic (exact) mass is 265 g/mol. The van der Waals surface area contributed by atoms with Gasteiger partial charge >= 0.3 is 0 Å². The van der Waals surface area contributed by atoms with E-state index in [1.807, 2.05) is 6.07 Å². The summed E-state index contributed by atoms with van der Waals surface area (Å²) < 4.78 is 15.1. The predicted octanol–water partition coefficient (Wildman–Crippen LogP) is 2.92. The summed E-state index contributed by atoms with van der Waals surface area (Å²) in [5.41, 5.74) is 1.61. The van der Waals surface area contributed by atoms with Crippen molar-refractivity contribution in [3.05, 3.63) is 47.0 Å². The van der Waals surface area contributed by atoms with Gasteiger partial charge in [0.2, 0.25) is 0 Å². The topological polar surface area (TPSA) is 29.9 Å². The van der Waals surface area contributed by atoms with Crippen LogP contribution < -0.4 is 5.32 Å². The highest BCUT2D eigenvalue weighted by atomic mass is 35.5. The van der Waals surface area contributed by atoms with Crippen LogP contribution in [0.1, 0.15) is 18.4 Å². The van der Waals surface area contributed by atoms with Gasteiger partial charge in [-0.1, -0.05) is 11.6 Å². The van der Waals surface area contributed by atoms with Gasteiger partial charge in [0.15, 0.2) is 0 Å². The first-order valence-corrected chi connectivity index (χ1v) is 6.32. The molecule has 18 heavy (non-hydrogen) atoms. The van der Waals surface area contributed by atoms with Crippen LogP contribution in [0, 0.1) is 5.82 Å². The summed E-state index contributed by atoms with van der Waals surface area (Å²) >= 11 is 5.81. The zero-order chi connectivity index (χ0) is 12.5. The molecule has 0 saturated heterocycles. The maximum Gasteiger partial charge on any atom is 0.125 e. The Morgan fingerprint density at radius 3 is 2.89 bits per heavy atom. The molecule has 1 fully saturated rings. The SMILES string of the molecule is Fc1cc(CNC2CC2)cc(-n2cc(Cl)cn2)c1. The van der Waals surface area contributed by atoms with Crippen LogP contribution in [0.25, 0.3) is 5.69 Å². The second kappa shape index (κ2) is 4.71. The van der Waals surface area contributed by atoms with Crippen LogP contribution in [0.5, 0.6) is 0 Å². The lowest BCUT2D eigenvalue weighted by Gasteiger charge is -2.07. The second-order valence-corrected chi connectivity index (χ2v) is 5.01.